The molecule has 6 nitrogen and oxygen atoms in total. The molecular weight excluding hydrogens is 500 g/mol. The molecule has 4 aromatic rings. The highest BCUT2D eigenvalue weighted by molar-refractivity contribution is 6.35. The number of para-hydroxylation sites is 1. The molecule has 0 aliphatic rings. The fourth-order valence-corrected chi connectivity index (χ4v) is 5.28. The number of hydrogen-bond acceptors (Lipinski definition) is 3. The Morgan fingerprint density at radius 1 is 1.03 bits per heavy atom. The number of aromatic amines is 1. The molecule has 0 saturated carbocycles. The first kappa shape index (κ1) is 27.3. The van der Waals surface area contributed by atoms with Crippen molar-refractivity contribution in [3.63, 3.8) is 0 Å². The van der Waals surface area contributed by atoms with Crippen molar-refractivity contribution in [3.05, 3.63) is 100 Å². The Kier molecular flexibility index (Phi) is 9.08. The van der Waals surface area contributed by atoms with Crippen LogP contribution in [0, 0.1) is 0 Å². The van der Waals surface area contributed by atoms with Gasteiger partial charge in [0.15, 0.2) is 0 Å². The topological polar surface area (TPSA) is 91.4 Å². The largest absolute Gasteiger partial charge is 0.497 e. The lowest BCUT2D eigenvalue weighted by molar-refractivity contribution is -0.136. The van der Waals surface area contributed by atoms with Crippen LogP contribution in [0.25, 0.3) is 10.9 Å². The second kappa shape index (κ2) is 12.7. The number of carbonyl (C=O) groups is 2. The van der Waals surface area contributed by atoms with Crippen molar-refractivity contribution < 1.29 is 19.4 Å². The highest BCUT2D eigenvalue weighted by atomic mass is 35.5. The molecule has 3 N–H and O–H groups in total. The maximum absolute atomic E-state index is 12.5. The first-order valence-corrected chi connectivity index (χ1v) is 13.3. The van der Waals surface area contributed by atoms with Crippen LogP contribution in [0.5, 0.6) is 5.75 Å². The van der Waals surface area contributed by atoms with E-state index in [1.807, 2.05) is 48.5 Å². The first-order valence-electron chi connectivity index (χ1n) is 12.9. The van der Waals surface area contributed by atoms with Crippen LogP contribution >= 0.6 is 11.6 Å². The van der Waals surface area contributed by atoms with Gasteiger partial charge in [0.1, 0.15) is 5.75 Å². The van der Waals surface area contributed by atoms with Crippen LogP contribution in [-0.4, -0.2) is 35.6 Å². The second-order valence-corrected chi connectivity index (χ2v) is 9.83. The van der Waals surface area contributed by atoms with Gasteiger partial charge in [0.05, 0.1) is 24.1 Å². The minimum Gasteiger partial charge on any atom is -0.497 e. The molecule has 0 aliphatic carbocycles. The molecule has 0 spiro atoms. The number of methoxy groups -OCH3 is 1. The number of aromatic nitrogens is 1. The van der Waals surface area contributed by atoms with Crippen LogP contribution in [0.3, 0.4) is 0 Å². The molecule has 2 unspecified atom stereocenters. The van der Waals surface area contributed by atoms with Gasteiger partial charge in [-0.15, -0.1) is 0 Å². The number of nitrogens with one attached hydrogen (secondary N) is 2. The summed E-state index contributed by atoms with van der Waals surface area (Å²) in [6.45, 7) is 2.28. The first-order chi connectivity index (χ1) is 18.4. The number of aliphatic carboxylic acids is 1. The van der Waals surface area contributed by atoms with Gasteiger partial charge in [-0.05, 0) is 59.4 Å². The second-order valence-electron chi connectivity index (χ2n) is 9.43. The van der Waals surface area contributed by atoms with E-state index in [0.29, 0.717) is 10.6 Å². The number of carboxylic acids is 1. The fourth-order valence-electron chi connectivity index (χ4n) is 5.05. The summed E-state index contributed by atoms with van der Waals surface area (Å²) in [5, 5.41) is 13.3. The molecule has 7 heteroatoms. The lowest BCUT2D eigenvalue weighted by Crippen LogP contribution is -2.26. The van der Waals surface area contributed by atoms with Gasteiger partial charge in [-0.3, -0.25) is 9.59 Å². The quantitative estimate of drug-likeness (QED) is 0.181. The summed E-state index contributed by atoms with van der Waals surface area (Å²) in [7, 11) is 1.66. The molecule has 198 valence electrons. The van der Waals surface area contributed by atoms with Gasteiger partial charge in [0.25, 0.3) is 5.91 Å². The highest BCUT2D eigenvalue weighted by Crippen LogP contribution is 2.45. The SMILES string of the molecule is CCCCC(c1ccc(C(=O)NCCC(=O)O)cc1)C(c1ccc(OC)cc1)c1c[nH]c2c(Cl)cccc12. The normalized spacial score (nSPS) is 12.7. The number of benzene rings is 3. The van der Waals surface area contributed by atoms with E-state index in [2.05, 4.69) is 41.6 Å². The Labute approximate surface area is 228 Å². The molecule has 3 aromatic carbocycles. The van der Waals surface area contributed by atoms with Gasteiger partial charge in [-0.2, -0.15) is 0 Å². The van der Waals surface area contributed by atoms with E-state index >= 15 is 0 Å². The number of rotatable bonds is 12. The Hall–Kier alpha value is -3.77. The number of amides is 1. The van der Waals surface area contributed by atoms with Gasteiger partial charge in [-0.1, -0.05) is 67.8 Å². The summed E-state index contributed by atoms with van der Waals surface area (Å²) in [5.74, 6) is -0.235. The average Bonchev–Trinajstić information content (AvgIpc) is 3.36. The summed E-state index contributed by atoms with van der Waals surface area (Å²) in [6, 6.07) is 21.9. The lowest BCUT2D eigenvalue weighted by atomic mass is 9.74. The predicted octanol–water partition coefficient (Wildman–Crippen LogP) is 7.14. The molecule has 0 saturated heterocycles. The fraction of sp³-hybridized carbons (Fsp3) is 0.290. The van der Waals surface area contributed by atoms with E-state index < -0.39 is 5.97 Å². The zero-order valence-electron chi connectivity index (χ0n) is 21.7. The zero-order valence-corrected chi connectivity index (χ0v) is 22.4. The smallest absolute Gasteiger partial charge is 0.305 e. The van der Waals surface area contributed by atoms with Crippen molar-refractivity contribution in [2.75, 3.05) is 13.7 Å². The Balaban J connectivity index is 1.75. The van der Waals surface area contributed by atoms with Crippen molar-refractivity contribution in [2.24, 2.45) is 0 Å². The van der Waals surface area contributed by atoms with Crippen LogP contribution in [0.2, 0.25) is 5.02 Å². The molecule has 0 fully saturated rings. The number of carboxylic acid groups (broad SMARTS) is 1. The van der Waals surface area contributed by atoms with Crippen molar-refractivity contribution in [1.82, 2.24) is 10.3 Å². The third-order valence-corrected chi connectivity index (χ3v) is 7.32. The van der Waals surface area contributed by atoms with E-state index in [0.717, 1.165) is 41.5 Å². The molecular formula is C31H33ClN2O4. The number of H-pyrrole nitrogens is 1. The molecule has 1 aromatic heterocycles. The number of ether oxygens (including phenoxy) is 1. The summed E-state index contributed by atoms with van der Waals surface area (Å²) < 4.78 is 5.42. The number of hydrogen-bond donors (Lipinski definition) is 3. The number of fused-ring (bicyclic) bond motifs is 1. The Morgan fingerprint density at radius 2 is 1.74 bits per heavy atom. The van der Waals surface area contributed by atoms with Gasteiger partial charge >= 0.3 is 5.97 Å². The molecule has 4 rings (SSSR count). The van der Waals surface area contributed by atoms with E-state index in [9.17, 15) is 9.59 Å². The zero-order chi connectivity index (χ0) is 27.1. The van der Waals surface area contributed by atoms with Crippen LogP contribution in [0.4, 0.5) is 0 Å². The maximum Gasteiger partial charge on any atom is 0.305 e. The standard InChI is InChI=1S/C31H33ClN2O4/c1-3-4-6-24(20-9-11-22(12-10-20)31(37)33-18-17-28(35)36)29(21-13-15-23(38-2)16-14-21)26-19-34-30-25(26)7-5-8-27(30)32/h5,7-16,19,24,29,34H,3-4,6,17-18H2,1-2H3,(H,33,37)(H,35,36). The Morgan fingerprint density at radius 3 is 2.39 bits per heavy atom. The summed E-state index contributed by atoms with van der Waals surface area (Å²) in [5.41, 5.74) is 4.91. The minimum absolute atomic E-state index is 0.0370. The molecule has 0 aliphatic heterocycles. The van der Waals surface area contributed by atoms with Crippen molar-refractivity contribution in [3.8, 4) is 5.75 Å². The molecule has 0 bridgehead atoms. The van der Waals surface area contributed by atoms with Crippen LogP contribution in [-0.2, 0) is 4.79 Å². The van der Waals surface area contributed by atoms with Gasteiger partial charge in [0, 0.05) is 29.6 Å². The van der Waals surface area contributed by atoms with E-state index in [-0.39, 0.29) is 30.7 Å². The third-order valence-electron chi connectivity index (χ3n) is 7.00. The van der Waals surface area contributed by atoms with E-state index in [1.165, 1.54) is 11.1 Å². The molecule has 2 atom stereocenters. The summed E-state index contributed by atoms with van der Waals surface area (Å²) >= 11 is 6.52. The van der Waals surface area contributed by atoms with Crippen molar-refractivity contribution in [2.45, 2.75) is 44.4 Å². The highest BCUT2D eigenvalue weighted by Gasteiger charge is 2.29. The molecule has 1 amide bonds. The number of unbranched alkanes of at least 4 members (excludes halogenated alkanes) is 1. The minimum atomic E-state index is -0.942. The molecule has 38 heavy (non-hydrogen) atoms. The summed E-state index contributed by atoms with van der Waals surface area (Å²) in [6.07, 6.45) is 5.04. The van der Waals surface area contributed by atoms with E-state index in [4.69, 9.17) is 21.4 Å². The number of carbonyl (C=O) groups excluding carboxylic acids is 1. The van der Waals surface area contributed by atoms with Crippen molar-refractivity contribution >= 4 is 34.4 Å². The van der Waals surface area contributed by atoms with Crippen LogP contribution < -0.4 is 10.1 Å². The van der Waals surface area contributed by atoms with Gasteiger partial charge in [-0.25, -0.2) is 0 Å². The van der Waals surface area contributed by atoms with E-state index in [1.54, 1.807) is 7.11 Å². The third kappa shape index (κ3) is 6.20. The lowest BCUT2D eigenvalue weighted by Gasteiger charge is -2.29. The van der Waals surface area contributed by atoms with Crippen molar-refractivity contribution in [1.29, 1.82) is 0 Å². The maximum atomic E-state index is 12.5. The average molecular weight is 533 g/mol. The Bertz CT molecular complexity index is 1380. The van der Waals surface area contributed by atoms with Crippen LogP contribution in [0.15, 0.2) is 72.9 Å². The molecule has 0 radical (unpaired) electrons. The monoisotopic (exact) mass is 532 g/mol. The number of halogens is 1. The van der Waals surface area contributed by atoms with Gasteiger partial charge < -0.3 is 20.1 Å². The summed E-state index contributed by atoms with van der Waals surface area (Å²) in [4.78, 5) is 26.7. The van der Waals surface area contributed by atoms with Gasteiger partial charge in [0.2, 0.25) is 0 Å². The molecule has 1 heterocycles. The predicted molar refractivity (Wildman–Crippen MR) is 151 cm³/mol. The van der Waals surface area contributed by atoms with Crippen LogP contribution in [0.1, 0.15) is 71.5 Å².